The molecule has 2 rings (SSSR count). The molecule has 2 heteroatoms. The van der Waals surface area contributed by atoms with E-state index in [-0.39, 0.29) is 9.49 Å². The Morgan fingerprint density at radius 1 is 0.778 bits per heavy atom. The molecule has 0 aromatic carbocycles. The molecule has 18 heavy (non-hydrogen) atoms. The van der Waals surface area contributed by atoms with Gasteiger partial charge in [-0.1, -0.05) is 36.5 Å². The molecule has 0 heterocycles. The predicted octanol–water partition coefficient (Wildman–Crippen LogP) is 4.69. The molecule has 0 saturated carbocycles. The zero-order valence-electron chi connectivity index (χ0n) is 11.4. The van der Waals surface area contributed by atoms with Crippen molar-refractivity contribution in [2.45, 2.75) is 37.2 Å². The van der Waals surface area contributed by atoms with Gasteiger partial charge in [0, 0.05) is 9.49 Å². The average molecular weight is 276 g/mol. The van der Waals surface area contributed by atoms with Crippen molar-refractivity contribution in [2.75, 3.05) is 0 Å². The summed E-state index contributed by atoms with van der Waals surface area (Å²) < 4.78 is -0.273. The minimum Gasteiger partial charge on any atom is -0.164 e. The van der Waals surface area contributed by atoms with Gasteiger partial charge in [0.05, 0.1) is 0 Å². The SMILES string of the molecule is CC1=CC(C)(S)C=C/C1=C1/C=CC(C)(S)C=C1C. The summed E-state index contributed by atoms with van der Waals surface area (Å²) in [7, 11) is 0. The molecule has 2 unspecified atom stereocenters. The number of thiol groups is 2. The van der Waals surface area contributed by atoms with Gasteiger partial charge in [0.15, 0.2) is 0 Å². The molecule has 96 valence electrons. The Bertz CT molecular complexity index is 475. The van der Waals surface area contributed by atoms with Crippen molar-refractivity contribution in [1.82, 2.24) is 0 Å². The molecule has 0 spiro atoms. The highest BCUT2D eigenvalue weighted by Crippen LogP contribution is 2.36. The van der Waals surface area contributed by atoms with Crippen molar-refractivity contribution in [1.29, 1.82) is 0 Å². The summed E-state index contributed by atoms with van der Waals surface area (Å²) in [5.41, 5.74) is 5.14. The number of hydrogen-bond acceptors (Lipinski definition) is 2. The summed E-state index contributed by atoms with van der Waals surface area (Å²) in [4.78, 5) is 0. The Morgan fingerprint density at radius 3 is 1.39 bits per heavy atom. The summed E-state index contributed by atoms with van der Waals surface area (Å²) in [6, 6.07) is 0. The Balaban J connectivity index is 2.47. The third-order valence-electron chi connectivity index (χ3n) is 3.33. The highest BCUT2D eigenvalue weighted by Gasteiger charge is 2.22. The third kappa shape index (κ3) is 2.86. The molecule has 0 nitrogen and oxygen atoms in total. The van der Waals surface area contributed by atoms with Crippen molar-refractivity contribution in [3.8, 4) is 0 Å². The summed E-state index contributed by atoms with van der Waals surface area (Å²) in [6.45, 7) is 8.50. The minimum absolute atomic E-state index is 0.137. The maximum absolute atomic E-state index is 4.60. The van der Waals surface area contributed by atoms with Crippen LogP contribution in [0.25, 0.3) is 0 Å². The largest absolute Gasteiger partial charge is 0.164 e. The zero-order chi connectivity index (χ0) is 13.6. The highest BCUT2D eigenvalue weighted by molar-refractivity contribution is 7.82. The van der Waals surface area contributed by atoms with Gasteiger partial charge in [-0.25, -0.2) is 0 Å². The summed E-state index contributed by atoms with van der Waals surface area (Å²) in [5.74, 6) is 0. The Hall–Kier alpha value is -0.600. The molecule has 2 atom stereocenters. The van der Waals surface area contributed by atoms with Crippen LogP contribution in [0.15, 0.2) is 58.7 Å². The fourth-order valence-corrected chi connectivity index (χ4v) is 3.04. The quantitative estimate of drug-likeness (QED) is 0.589. The second kappa shape index (κ2) is 4.50. The average Bonchev–Trinajstić information content (AvgIpc) is 2.17. The normalized spacial score (nSPS) is 39.7. The standard InChI is InChI=1S/C16H20S2/c1-11-9-15(3,17)7-5-13(11)14-6-8-16(4,18)10-12(14)2/h5-10,17-18H,1-4H3/b14-13+. The van der Waals surface area contributed by atoms with Crippen molar-refractivity contribution in [3.05, 3.63) is 58.7 Å². The maximum atomic E-state index is 4.60. The fourth-order valence-electron chi connectivity index (χ4n) is 2.50. The van der Waals surface area contributed by atoms with Crippen LogP contribution in [-0.2, 0) is 0 Å². The monoisotopic (exact) mass is 276 g/mol. The maximum Gasteiger partial charge on any atom is 0.0469 e. The molecule has 0 aliphatic heterocycles. The van der Waals surface area contributed by atoms with Crippen LogP contribution in [0.5, 0.6) is 0 Å². The van der Waals surface area contributed by atoms with Gasteiger partial charge in [0.2, 0.25) is 0 Å². The van der Waals surface area contributed by atoms with Crippen LogP contribution < -0.4 is 0 Å². The van der Waals surface area contributed by atoms with E-state index in [0.717, 1.165) is 0 Å². The molecule has 0 radical (unpaired) electrons. The molecule has 0 saturated heterocycles. The van der Waals surface area contributed by atoms with Crippen LogP contribution in [0.2, 0.25) is 0 Å². The lowest BCUT2D eigenvalue weighted by Crippen LogP contribution is -2.16. The summed E-state index contributed by atoms with van der Waals surface area (Å²) >= 11 is 9.20. The first-order chi connectivity index (χ1) is 8.20. The van der Waals surface area contributed by atoms with Gasteiger partial charge >= 0.3 is 0 Å². The fraction of sp³-hybridized carbons (Fsp3) is 0.375. The first-order valence-electron chi connectivity index (χ1n) is 6.17. The summed E-state index contributed by atoms with van der Waals surface area (Å²) in [6.07, 6.45) is 13.0. The molecule has 0 bridgehead atoms. The van der Waals surface area contributed by atoms with Gasteiger partial charge in [-0.05, 0) is 50.0 Å². The molecular weight excluding hydrogens is 256 g/mol. The summed E-state index contributed by atoms with van der Waals surface area (Å²) in [5, 5.41) is 0. The third-order valence-corrected chi connectivity index (χ3v) is 3.89. The van der Waals surface area contributed by atoms with Crippen LogP contribution in [0.3, 0.4) is 0 Å². The second-order valence-electron chi connectivity index (χ2n) is 5.60. The van der Waals surface area contributed by atoms with Crippen molar-refractivity contribution < 1.29 is 0 Å². The lowest BCUT2D eigenvalue weighted by Gasteiger charge is -2.26. The predicted molar refractivity (Wildman–Crippen MR) is 87.6 cm³/mol. The first kappa shape index (κ1) is 13.8. The van der Waals surface area contributed by atoms with Gasteiger partial charge in [-0.15, -0.1) is 0 Å². The van der Waals surface area contributed by atoms with E-state index in [0.29, 0.717) is 0 Å². The molecule has 2 aliphatic carbocycles. The molecular formula is C16H20S2. The second-order valence-corrected chi connectivity index (χ2v) is 7.53. The Labute approximate surface area is 121 Å². The lowest BCUT2D eigenvalue weighted by molar-refractivity contribution is 0.969. The van der Waals surface area contributed by atoms with Crippen LogP contribution in [0.1, 0.15) is 27.7 Å². The first-order valence-corrected chi connectivity index (χ1v) is 7.07. The van der Waals surface area contributed by atoms with E-state index in [2.05, 4.69) is 89.4 Å². The minimum atomic E-state index is -0.137. The molecule has 0 amide bonds. The van der Waals surface area contributed by atoms with Crippen LogP contribution in [0, 0.1) is 0 Å². The zero-order valence-corrected chi connectivity index (χ0v) is 13.1. The van der Waals surface area contributed by atoms with Crippen molar-refractivity contribution in [2.24, 2.45) is 0 Å². The molecule has 0 aromatic heterocycles. The topological polar surface area (TPSA) is 0 Å². The molecule has 0 N–H and O–H groups in total. The van der Waals surface area contributed by atoms with Crippen LogP contribution >= 0.6 is 25.3 Å². The number of hydrogen-bond donors (Lipinski definition) is 2. The number of rotatable bonds is 0. The van der Waals surface area contributed by atoms with Crippen LogP contribution in [0.4, 0.5) is 0 Å². The number of allylic oxidation sites excluding steroid dienone is 6. The van der Waals surface area contributed by atoms with Gasteiger partial charge in [0.25, 0.3) is 0 Å². The van der Waals surface area contributed by atoms with Crippen LogP contribution in [-0.4, -0.2) is 9.49 Å². The molecule has 0 fully saturated rings. The van der Waals surface area contributed by atoms with Gasteiger partial charge < -0.3 is 0 Å². The van der Waals surface area contributed by atoms with E-state index in [1.54, 1.807) is 0 Å². The van der Waals surface area contributed by atoms with Gasteiger partial charge in [0.1, 0.15) is 0 Å². The Morgan fingerprint density at radius 2 is 1.11 bits per heavy atom. The van der Waals surface area contributed by atoms with E-state index in [1.165, 1.54) is 22.3 Å². The van der Waals surface area contributed by atoms with E-state index >= 15 is 0 Å². The van der Waals surface area contributed by atoms with E-state index < -0.39 is 0 Å². The van der Waals surface area contributed by atoms with E-state index in [4.69, 9.17) is 0 Å². The van der Waals surface area contributed by atoms with E-state index in [9.17, 15) is 0 Å². The van der Waals surface area contributed by atoms with Crippen molar-refractivity contribution >= 4 is 25.3 Å². The lowest BCUT2D eigenvalue weighted by atomic mass is 9.85. The highest BCUT2D eigenvalue weighted by atomic mass is 32.1. The molecule has 2 aliphatic rings. The Kier molecular flexibility index (Phi) is 3.46. The van der Waals surface area contributed by atoms with Crippen molar-refractivity contribution in [3.63, 3.8) is 0 Å². The molecule has 0 aromatic rings. The van der Waals surface area contributed by atoms with Gasteiger partial charge in [-0.2, -0.15) is 25.3 Å². The van der Waals surface area contributed by atoms with Gasteiger partial charge in [-0.3, -0.25) is 0 Å². The smallest absolute Gasteiger partial charge is 0.0469 e. The van der Waals surface area contributed by atoms with E-state index in [1.807, 2.05) is 0 Å².